The van der Waals surface area contributed by atoms with Crippen LogP contribution >= 0.6 is 0 Å². The summed E-state index contributed by atoms with van der Waals surface area (Å²) in [5.74, 6) is 0.756. The minimum atomic E-state index is -0.408. The summed E-state index contributed by atoms with van der Waals surface area (Å²) < 4.78 is 23.0. The van der Waals surface area contributed by atoms with Crippen molar-refractivity contribution in [3.05, 3.63) is 90.0 Å². The molecule has 1 saturated carbocycles. The number of anilines is 1. The number of alkyl carbamates (subject to hydrolysis) is 1. The number of amides is 1. The quantitative estimate of drug-likeness (QED) is 0.318. The van der Waals surface area contributed by atoms with Gasteiger partial charge in [0.15, 0.2) is 5.69 Å². The summed E-state index contributed by atoms with van der Waals surface area (Å²) >= 11 is 0. The molecule has 9 heteroatoms. The van der Waals surface area contributed by atoms with Crippen LogP contribution in [0.15, 0.2) is 67.3 Å². The summed E-state index contributed by atoms with van der Waals surface area (Å²) in [4.78, 5) is 25.2. The van der Waals surface area contributed by atoms with Crippen molar-refractivity contribution in [2.75, 3.05) is 44.7 Å². The maximum absolute atomic E-state index is 14.9. The fraction of sp³-hybridized carbons (Fsp3) is 0.500. The fourth-order valence-electron chi connectivity index (χ4n) is 8.03. The van der Waals surface area contributed by atoms with Crippen molar-refractivity contribution in [1.82, 2.24) is 19.8 Å². The van der Waals surface area contributed by atoms with Gasteiger partial charge in [-0.05, 0) is 80.9 Å². The highest BCUT2D eigenvalue weighted by molar-refractivity contribution is 5.67. The zero-order valence-electron chi connectivity index (χ0n) is 24.9. The number of nitrogens with zero attached hydrogens (tertiary/aromatic N) is 5. The van der Waals surface area contributed by atoms with E-state index in [0.29, 0.717) is 24.1 Å². The molecule has 8 nitrogen and oxygen atoms in total. The van der Waals surface area contributed by atoms with Gasteiger partial charge in [0.05, 0.1) is 12.9 Å². The largest absolute Gasteiger partial charge is 0.446 e. The Bertz CT molecular complexity index is 1410. The van der Waals surface area contributed by atoms with Crippen molar-refractivity contribution in [2.24, 2.45) is 17.8 Å². The molecule has 1 amide bonds. The summed E-state index contributed by atoms with van der Waals surface area (Å²) in [7, 11) is 1.60. The first-order valence-electron chi connectivity index (χ1n) is 15.5. The summed E-state index contributed by atoms with van der Waals surface area (Å²) in [6.07, 6.45) is 9.74. The van der Waals surface area contributed by atoms with E-state index in [-0.39, 0.29) is 17.8 Å². The van der Waals surface area contributed by atoms with Crippen molar-refractivity contribution in [3.63, 3.8) is 0 Å². The lowest BCUT2D eigenvalue weighted by Gasteiger charge is -2.51. The second-order valence-corrected chi connectivity index (χ2v) is 12.5. The first-order chi connectivity index (χ1) is 21.0. The van der Waals surface area contributed by atoms with Gasteiger partial charge in [-0.1, -0.05) is 24.3 Å². The fourth-order valence-corrected chi connectivity index (χ4v) is 8.03. The number of imidazole rings is 1. The third kappa shape index (κ3) is 6.12. The van der Waals surface area contributed by atoms with Crippen LogP contribution in [0, 0.1) is 30.1 Å². The average Bonchev–Trinajstić information content (AvgIpc) is 3.70. The molecule has 1 aromatic heterocycles. The van der Waals surface area contributed by atoms with E-state index in [1.165, 1.54) is 11.8 Å². The molecule has 3 aliphatic rings. The Labute approximate surface area is 253 Å². The van der Waals surface area contributed by atoms with Crippen molar-refractivity contribution in [2.45, 2.75) is 50.2 Å². The molecule has 2 aromatic carbocycles. The van der Waals surface area contributed by atoms with Crippen LogP contribution in [0.4, 0.5) is 20.6 Å². The number of rotatable bonds is 9. The van der Waals surface area contributed by atoms with E-state index in [9.17, 15) is 9.18 Å². The van der Waals surface area contributed by atoms with Gasteiger partial charge in [0.25, 0.3) is 0 Å². The normalized spacial score (nSPS) is 22.9. The molecule has 2 aliphatic heterocycles. The molecule has 0 bridgehead atoms. The van der Waals surface area contributed by atoms with Crippen molar-refractivity contribution in [3.8, 4) is 0 Å². The Hall–Kier alpha value is -3.90. The van der Waals surface area contributed by atoms with Gasteiger partial charge in [0.2, 0.25) is 0 Å². The van der Waals surface area contributed by atoms with E-state index in [1.54, 1.807) is 19.3 Å². The van der Waals surface area contributed by atoms with E-state index < -0.39 is 11.5 Å². The summed E-state index contributed by atoms with van der Waals surface area (Å²) in [5.41, 5.74) is 2.45. The minimum absolute atomic E-state index is 0.0694. The van der Waals surface area contributed by atoms with E-state index in [4.69, 9.17) is 11.3 Å². The number of carbonyl (C=O) groups is 1. The maximum atomic E-state index is 14.9. The van der Waals surface area contributed by atoms with Crippen LogP contribution in [0.5, 0.6) is 0 Å². The molecule has 0 radical (unpaired) electrons. The number of likely N-dealkylation sites (tertiary alicyclic amines) is 1. The van der Waals surface area contributed by atoms with Crippen LogP contribution in [0.1, 0.15) is 37.7 Å². The standard InChI is InChI=1S/C34H41FN6O2/c1-36-29-9-11-30(12-10-29)41-21-25(22-41)20-39-16-13-26(14-17-39)34(23-40-18-15-38-24-40,27-5-3-6-28(35)19-27)31-7-4-8-32(31)43-33(42)37-2/h3,5-6,9-12,15,18-19,24-26,31-32H,4,7-8,13-14,16-17,20-23H2,2H3,(H,37,42)/t31-,32-,34?/m0/s1. The van der Waals surface area contributed by atoms with Gasteiger partial charge >= 0.3 is 6.09 Å². The SMILES string of the molecule is [C-]#[N+]c1ccc(N2CC(CN3CCC(C(Cn4ccnc4)(c4cccc(F)c4)[C@H]4CCC[C@@H]4OC(=O)NC)CC3)C2)cc1. The second kappa shape index (κ2) is 12.8. The number of aromatic nitrogens is 2. The number of halogens is 1. The van der Waals surface area contributed by atoms with Crippen molar-refractivity contribution in [1.29, 1.82) is 0 Å². The molecule has 2 saturated heterocycles. The van der Waals surface area contributed by atoms with Gasteiger partial charge in [-0.2, -0.15) is 0 Å². The monoisotopic (exact) mass is 584 g/mol. The predicted molar refractivity (Wildman–Crippen MR) is 165 cm³/mol. The van der Waals surface area contributed by atoms with Gasteiger partial charge < -0.3 is 24.4 Å². The molecule has 3 atom stereocenters. The summed E-state index contributed by atoms with van der Waals surface area (Å²) in [6.45, 7) is 13.0. The van der Waals surface area contributed by atoms with E-state index >= 15 is 0 Å². The summed E-state index contributed by atoms with van der Waals surface area (Å²) in [6, 6.07) is 15.0. The average molecular weight is 585 g/mol. The second-order valence-electron chi connectivity index (χ2n) is 12.5. The van der Waals surface area contributed by atoms with Crippen LogP contribution in [-0.2, 0) is 16.7 Å². The van der Waals surface area contributed by atoms with Crippen molar-refractivity contribution < 1.29 is 13.9 Å². The van der Waals surface area contributed by atoms with E-state index in [0.717, 1.165) is 70.4 Å². The molecule has 3 fully saturated rings. The van der Waals surface area contributed by atoms with E-state index in [2.05, 4.69) is 35.6 Å². The molecule has 1 N–H and O–H groups in total. The van der Waals surface area contributed by atoms with Crippen molar-refractivity contribution >= 4 is 17.5 Å². The van der Waals surface area contributed by atoms with Crippen LogP contribution in [0.3, 0.4) is 0 Å². The lowest BCUT2D eigenvalue weighted by atomic mass is 9.58. The van der Waals surface area contributed by atoms with Gasteiger partial charge in [-0.3, -0.25) is 0 Å². The molecule has 43 heavy (non-hydrogen) atoms. The number of hydrogen-bond donors (Lipinski definition) is 1. The van der Waals surface area contributed by atoms with Crippen LogP contribution in [-0.4, -0.2) is 66.4 Å². The highest BCUT2D eigenvalue weighted by atomic mass is 19.1. The number of benzene rings is 2. The first-order valence-corrected chi connectivity index (χ1v) is 15.5. The minimum Gasteiger partial charge on any atom is -0.446 e. The van der Waals surface area contributed by atoms with Crippen LogP contribution in [0.25, 0.3) is 4.85 Å². The topological polar surface area (TPSA) is 67.0 Å². The molecule has 1 aliphatic carbocycles. The Balaban J connectivity index is 1.20. The smallest absolute Gasteiger partial charge is 0.407 e. The summed E-state index contributed by atoms with van der Waals surface area (Å²) in [5, 5.41) is 2.63. The molecule has 226 valence electrons. The number of piperidine rings is 1. The third-order valence-electron chi connectivity index (χ3n) is 10.1. The molecule has 1 unspecified atom stereocenters. The molecule has 3 heterocycles. The molecule has 6 rings (SSSR count). The van der Waals surface area contributed by atoms with Crippen LogP contribution in [0.2, 0.25) is 0 Å². The molecule has 0 spiro atoms. The Kier molecular flexibility index (Phi) is 8.66. The van der Waals surface area contributed by atoms with Crippen LogP contribution < -0.4 is 10.2 Å². The van der Waals surface area contributed by atoms with E-state index in [1.807, 2.05) is 42.9 Å². The van der Waals surface area contributed by atoms with Gasteiger partial charge in [0.1, 0.15) is 11.9 Å². The molecular formula is C34H41FN6O2. The number of hydrogen-bond acceptors (Lipinski definition) is 5. The zero-order chi connectivity index (χ0) is 29.8. The Morgan fingerprint density at radius 1 is 1.14 bits per heavy atom. The predicted octanol–water partition coefficient (Wildman–Crippen LogP) is 5.88. The highest BCUT2D eigenvalue weighted by Gasteiger charge is 2.53. The highest BCUT2D eigenvalue weighted by Crippen LogP contribution is 2.52. The Morgan fingerprint density at radius 2 is 1.93 bits per heavy atom. The van der Waals surface area contributed by atoms with Gasteiger partial charge in [-0.25, -0.2) is 19.0 Å². The number of ether oxygens (including phenoxy) is 1. The first kappa shape index (κ1) is 29.2. The van der Waals surface area contributed by atoms with Gasteiger partial charge in [-0.15, -0.1) is 0 Å². The zero-order valence-corrected chi connectivity index (χ0v) is 24.9. The Morgan fingerprint density at radius 3 is 2.60 bits per heavy atom. The number of carbonyl (C=O) groups excluding carboxylic acids is 1. The lowest BCUT2D eigenvalue weighted by Crippen LogP contribution is -2.55. The molecule has 3 aromatic rings. The third-order valence-corrected chi connectivity index (χ3v) is 10.1. The lowest BCUT2D eigenvalue weighted by molar-refractivity contribution is 0.00191. The maximum Gasteiger partial charge on any atom is 0.407 e. The molecular weight excluding hydrogens is 543 g/mol. The number of nitrogens with one attached hydrogen (secondary N) is 1. The van der Waals surface area contributed by atoms with Gasteiger partial charge in [0, 0.05) is 68.6 Å².